The summed E-state index contributed by atoms with van der Waals surface area (Å²) in [6, 6.07) is 51.9. The first kappa shape index (κ1) is 37.8. The highest BCUT2D eigenvalue weighted by Gasteiger charge is 2.27. The Hall–Kier alpha value is -7.04. The quantitative estimate of drug-likeness (QED) is 0.157. The minimum atomic E-state index is -3.38. The first-order valence-electron chi connectivity index (χ1n) is 28.8. The van der Waals surface area contributed by atoms with E-state index in [0.717, 1.165) is 66.8 Å². The third-order valence-electron chi connectivity index (χ3n) is 13.6. The van der Waals surface area contributed by atoms with Gasteiger partial charge in [0.05, 0.1) is 28.0 Å². The van der Waals surface area contributed by atoms with Gasteiger partial charge in [0.15, 0.2) is 0 Å². The summed E-state index contributed by atoms with van der Waals surface area (Å²) in [7, 11) is 0. The van der Waals surface area contributed by atoms with Crippen LogP contribution in [0.3, 0.4) is 0 Å². The van der Waals surface area contributed by atoms with Gasteiger partial charge in [-0.1, -0.05) is 193 Å². The fourth-order valence-corrected chi connectivity index (χ4v) is 9.37. The van der Waals surface area contributed by atoms with Crippen molar-refractivity contribution < 1.29 is 17.4 Å². The molecule has 0 aliphatic heterocycles. The second-order valence-electron chi connectivity index (χ2n) is 21.5. The van der Waals surface area contributed by atoms with E-state index in [1.165, 1.54) is 23.3 Å². The van der Waals surface area contributed by atoms with E-state index in [0.29, 0.717) is 28.2 Å². The number of aromatic hydroxyl groups is 1. The van der Waals surface area contributed by atoms with Crippen LogP contribution in [0.15, 0.2) is 164 Å². The molecule has 70 heavy (non-hydrogen) atoms. The van der Waals surface area contributed by atoms with Crippen molar-refractivity contribution in [3.8, 4) is 78.6 Å². The number of imidazole rings is 1. The zero-order chi connectivity index (χ0) is 57.4. The zero-order valence-corrected chi connectivity index (χ0v) is 42.0. The van der Waals surface area contributed by atoms with E-state index in [9.17, 15) is 5.11 Å². The van der Waals surface area contributed by atoms with Crippen LogP contribution < -0.4 is 0 Å². The number of phenols is 1. The van der Waals surface area contributed by atoms with Crippen molar-refractivity contribution in [1.29, 1.82) is 0 Å². The van der Waals surface area contributed by atoms with E-state index >= 15 is 0 Å². The number of phenolic OH excluding ortho intramolecular Hbond substituents is 1. The van der Waals surface area contributed by atoms with Gasteiger partial charge in [0.2, 0.25) is 0 Å². The highest BCUT2D eigenvalue weighted by Crippen LogP contribution is 2.45. The lowest BCUT2D eigenvalue weighted by Crippen LogP contribution is -2.12. The Bertz CT molecular complexity index is 3670. The average molecular weight is 929 g/mol. The van der Waals surface area contributed by atoms with Gasteiger partial charge < -0.3 is 5.11 Å². The van der Waals surface area contributed by atoms with Crippen LogP contribution in [0, 0.1) is 0 Å². The minimum Gasteiger partial charge on any atom is -0.507 e. The summed E-state index contributed by atoms with van der Waals surface area (Å²) in [4.78, 5) is 10.5. The topological polar surface area (TPSA) is 50.9 Å². The van der Waals surface area contributed by atoms with Crippen LogP contribution in [0.2, 0.25) is 0 Å². The maximum atomic E-state index is 12.5. The van der Waals surface area contributed by atoms with Crippen LogP contribution in [-0.4, -0.2) is 19.6 Å². The number of fused-ring (bicyclic) bond motifs is 1. The monoisotopic (exact) mass is 929 g/mol. The molecule has 9 rings (SSSR count). The highest BCUT2D eigenvalue weighted by molar-refractivity contribution is 5.98. The van der Waals surface area contributed by atoms with Crippen LogP contribution in [-0.2, 0) is 16.2 Å². The van der Waals surface area contributed by atoms with Crippen LogP contribution in [0.4, 0.5) is 0 Å². The van der Waals surface area contributed by atoms with Crippen molar-refractivity contribution in [2.45, 2.75) is 118 Å². The molecule has 1 N–H and O–H groups in total. The number of benzene rings is 7. The fraction of sp³-hybridized carbons (Fsp3) is 0.273. The summed E-state index contributed by atoms with van der Waals surface area (Å²) >= 11 is 0. The first-order chi connectivity index (χ1) is 36.9. The molecule has 0 amide bonds. The van der Waals surface area contributed by atoms with Gasteiger partial charge in [0.1, 0.15) is 11.6 Å². The van der Waals surface area contributed by atoms with Gasteiger partial charge in [0.25, 0.3) is 0 Å². The molecule has 0 fully saturated rings. The maximum Gasteiger partial charge on any atom is 0.149 e. The lowest BCUT2D eigenvalue weighted by molar-refractivity contribution is 0.466. The second-order valence-corrected chi connectivity index (χ2v) is 21.5. The molecule has 354 valence electrons. The van der Waals surface area contributed by atoms with E-state index in [2.05, 4.69) is 177 Å². The third kappa shape index (κ3) is 9.49. The Morgan fingerprint density at radius 1 is 0.486 bits per heavy atom. The molecule has 0 spiro atoms. The van der Waals surface area contributed by atoms with Crippen molar-refractivity contribution >= 4 is 11.0 Å². The third-order valence-corrected chi connectivity index (χ3v) is 13.6. The summed E-state index contributed by atoms with van der Waals surface area (Å²) < 4.78 is 76.5. The molecule has 0 aliphatic carbocycles. The molecule has 2 aromatic heterocycles. The summed E-state index contributed by atoms with van der Waals surface area (Å²) in [5.41, 5.74) is 12.3. The van der Waals surface area contributed by atoms with E-state index in [-0.39, 0.29) is 34.0 Å². The number of rotatable bonds is 9. The molecule has 0 saturated heterocycles. The predicted octanol–water partition coefficient (Wildman–Crippen LogP) is 18.3. The lowest BCUT2D eigenvalue weighted by Gasteiger charge is -2.24. The van der Waals surface area contributed by atoms with Gasteiger partial charge in [-0.25, -0.2) is 4.98 Å². The molecule has 0 aliphatic rings. The van der Waals surface area contributed by atoms with Crippen molar-refractivity contribution in [3.05, 3.63) is 192 Å². The molecule has 0 saturated carbocycles. The van der Waals surface area contributed by atoms with Crippen LogP contribution >= 0.6 is 0 Å². The van der Waals surface area contributed by atoms with E-state index in [1.54, 1.807) is 24.4 Å². The fourth-order valence-electron chi connectivity index (χ4n) is 9.37. The Morgan fingerprint density at radius 2 is 1.10 bits per heavy atom. The summed E-state index contributed by atoms with van der Waals surface area (Å²) in [5, 5.41) is 12.5. The van der Waals surface area contributed by atoms with Crippen LogP contribution in [0.1, 0.15) is 142 Å². The number of aromatic nitrogens is 3. The smallest absolute Gasteiger partial charge is 0.149 e. The molecular formula is C66H69N3O. The number of pyridine rings is 1. The molecule has 4 heteroatoms. The molecular weight excluding hydrogens is 851 g/mol. The van der Waals surface area contributed by atoms with E-state index < -0.39 is 26.0 Å². The van der Waals surface area contributed by atoms with Gasteiger partial charge in [-0.3, -0.25) is 9.55 Å². The second kappa shape index (κ2) is 18.4. The molecule has 0 radical (unpaired) electrons. The van der Waals surface area contributed by atoms with E-state index in [4.69, 9.17) is 22.3 Å². The molecule has 4 nitrogen and oxygen atoms in total. The lowest BCUT2D eigenvalue weighted by atomic mass is 9.83. The predicted molar refractivity (Wildman–Crippen MR) is 297 cm³/mol. The Morgan fingerprint density at radius 3 is 1.74 bits per heavy atom. The molecule has 9 aromatic rings. The largest absolute Gasteiger partial charge is 0.507 e. The number of hydrogen-bond acceptors (Lipinski definition) is 3. The van der Waals surface area contributed by atoms with Crippen LogP contribution in [0.25, 0.3) is 83.9 Å². The van der Waals surface area contributed by atoms with Crippen molar-refractivity contribution in [3.63, 3.8) is 0 Å². The standard InChI is InChI=1S/C66H69N3O/c1-41(2)47-37-55(42(3)4)62(70)57(38-47)63-68-61-54(20-17-21-60(61)69(63)59-31-30-53(66(11,12)13)40-56(59)45-24-28-52(29-25-45)65(8,9)10)49-34-48(43-18-15-14-16-19-43)35-50(36-49)58-39-46(32-33-67-58)44-22-26-51(27-23-44)64(5,6)7/h14-42,70H,1-13H3/i5D3,6D3,7D3. The zero-order valence-electron chi connectivity index (χ0n) is 51.0. The summed E-state index contributed by atoms with van der Waals surface area (Å²) in [6.45, 7) is 11.8. The molecule has 2 heterocycles. The van der Waals surface area contributed by atoms with E-state index in [1.807, 2.05) is 24.3 Å². The number of nitrogens with zero attached hydrogens (tertiary/aromatic N) is 3. The van der Waals surface area contributed by atoms with Crippen LogP contribution in [0.5, 0.6) is 5.75 Å². The van der Waals surface area contributed by atoms with Gasteiger partial charge >= 0.3 is 0 Å². The van der Waals surface area contributed by atoms with Gasteiger partial charge in [-0.2, -0.15) is 0 Å². The summed E-state index contributed by atoms with van der Waals surface area (Å²) in [6.07, 6.45) is 1.68. The van der Waals surface area contributed by atoms with Crippen molar-refractivity contribution in [1.82, 2.24) is 14.5 Å². The SMILES string of the molecule is [2H]C([2H])([2H])C(c1ccc(-c2ccnc(-c3cc(-c4ccccc4)cc(-c4cccc5c4nc(-c4cc(C(C)C)cc(C(C)C)c4O)n5-c4ccc(C(C)(C)C)cc4-c4ccc(C(C)(C)C)cc4)c3)c2)cc1)(C([2H])([2H])[2H])C([2H])([2H])[2H]. The van der Waals surface area contributed by atoms with Gasteiger partial charge in [-0.05, 0) is 144 Å². The van der Waals surface area contributed by atoms with Crippen molar-refractivity contribution in [2.24, 2.45) is 0 Å². The summed E-state index contributed by atoms with van der Waals surface area (Å²) in [5.74, 6) is 1.000. The Balaban J connectivity index is 1.29. The van der Waals surface area contributed by atoms with Crippen molar-refractivity contribution in [2.75, 3.05) is 0 Å². The number of para-hydroxylation sites is 1. The first-order valence-corrected chi connectivity index (χ1v) is 24.3. The number of hydrogen-bond donors (Lipinski definition) is 1. The molecule has 0 atom stereocenters. The highest BCUT2D eigenvalue weighted by atomic mass is 16.3. The van der Waals surface area contributed by atoms with Gasteiger partial charge in [-0.15, -0.1) is 0 Å². The molecule has 0 unspecified atom stereocenters. The molecule has 0 bridgehead atoms. The Labute approximate surface area is 429 Å². The maximum absolute atomic E-state index is 12.5. The normalized spacial score (nSPS) is 14.8. The Kier molecular flexibility index (Phi) is 9.92. The van der Waals surface area contributed by atoms with Gasteiger partial charge in [0, 0.05) is 35.2 Å². The molecule has 7 aromatic carbocycles. The minimum absolute atomic E-state index is 0.0307. The average Bonchev–Trinajstić information content (AvgIpc) is 3.96.